The molecule has 3 aliphatic heterocycles. The monoisotopic (exact) mass is 740 g/mol. The zero-order valence-corrected chi connectivity index (χ0v) is 31.6. The van der Waals surface area contributed by atoms with Crippen LogP contribution in [0, 0.1) is 46.3 Å². The van der Waals surface area contributed by atoms with Gasteiger partial charge in [0.25, 0.3) is 0 Å². The number of aliphatic hydroxyl groups is 7. The van der Waals surface area contributed by atoms with Crippen molar-refractivity contribution in [3.05, 3.63) is 11.6 Å². The normalized spacial score (nSPS) is 55.2. The highest BCUT2D eigenvalue weighted by molar-refractivity contribution is 5.28. The largest absolute Gasteiger partial charge is 0.393 e. The van der Waals surface area contributed by atoms with E-state index < -0.39 is 73.3 Å². The maximum atomic E-state index is 10.9. The minimum absolute atomic E-state index is 0.0476. The van der Waals surface area contributed by atoms with Crippen LogP contribution in [0.3, 0.4) is 0 Å². The van der Waals surface area contributed by atoms with E-state index in [0.717, 1.165) is 32.1 Å². The van der Waals surface area contributed by atoms with Crippen molar-refractivity contribution in [2.45, 2.75) is 165 Å². The number of methoxy groups -OCH3 is 1. The molecule has 3 saturated heterocycles. The minimum atomic E-state index is -1.39. The van der Waals surface area contributed by atoms with Crippen molar-refractivity contribution in [1.29, 1.82) is 0 Å². The summed E-state index contributed by atoms with van der Waals surface area (Å²) in [7, 11) is 1.74. The van der Waals surface area contributed by atoms with Gasteiger partial charge in [0.05, 0.1) is 37.6 Å². The molecule has 0 aromatic carbocycles. The lowest BCUT2D eigenvalue weighted by Crippen LogP contribution is -2.60. The molecular weight excluding hydrogens is 676 g/mol. The lowest BCUT2D eigenvalue weighted by Gasteiger charge is -2.60. The molecule has 0 spiro atoms. The molecule has 0 unspecified atom stereocenters. The number of fused-ring (bicyclic) bond motifs is 7. The van der Waals surface area contributed by atoms with Gasteiger partial charge < -0.3 is 64.2 Å². The predicted molar refractivity (Wildman–Crippen MR) is 185 cm³/mol. The summed E-state index contributed by atoms with van der Waals surface area (Å²) in [5.41, 5.74) is 0.881. The fourth-order valence-corrected chi connectivity index (χ4v) is 12.2. The Balaban J connectivity index is 1.02. The van der Waals surface area contributed by atoms with Crippen molar-refractivity contribution in [3.63, 3.8) is 0 Å². The molecule has 4 aliphatic carbocycles. The summed E-state index contributed by atoms with van der Waals surface area (Å²) in [6, 6.07) is 0. The number of allylic oxidation sites excluding steroid dienone is 1. The molecule has 0 radical (unpaired) electrons. The first-order valence-electron chi connectivity index (χ1n) is 19.8. The molecule has 13 heteroatoms. The molecule has 3 heterocycles. The van der Waals surface area contributed by atoms with Crippen LogP contribution in [0.2, 0.25) is 0 Å². The van der Waals surface area contributed by atoms with Crippen molar-refractivity contribution in [3.8, 4) is 0 Å². The second kappa shape index (κ2) is 14.6. The zero-order chi connectivity index (χ0) is 37.5. The Morgan fingerprint density at radius 2 is 1.65 bits per heavy atom. The molecule has 0 amide bonds. The molecule has 0 aromatic rings. The molecular formula is C39H64O13. The number of aliphatic hydroxyl groups excluding tert-OH is 7. The second-order valence-electron chi connectivity index (χ2n) is 18.0. The maximum absolute atomic E-state index is 10.9. The average molecular weight is 741 g/mol. The van der Waals surface area contributed by atoms with Crippen LogP contribution in [0.4, 0.5) is 0 Å². The summed E-state index contributed by atoms with van der Waals surface area (Å²) in [4.78, 5) is 0. The number of ether oxygens (including phenoxy) is 6. The lowest BCUT2D eigenvalue weighted by molar-refractivity contribution is -0.300. The molecule has 7 aliphatic rings. The van der Waals surface area contributed by atoms with Gasteiger partial charge in [-0.3, -0.25) is 0 Å². The fourth-order valence-electron chi connectivity index (χ4n) is 12.2. The number of hydrogen-bond acceptors (Lipinski definition) is 13. The van der Waals surface area contributed by atoms with E-state index in [1.807, 2.05) is 0 Å². The van der Waals surface area contributed by atoms with E-state index in [-0.39, 0.29) is 35.4 Å². The topological polar surface area (TPSA) is 197 Å². The van der Waals surface area contributed by atoms with Crippen LogP contribution in [0.5, 0.6) is 0 Å². The first kappa shape index (κ1) is 39.5. The summed E-state index contributed by atoms with van der Waals surface area (Å²) < 4.78 is 37.0. The van der Waals surface area contributed by atoms with Crippen LogP contribution in [0.1, 0.15) is 86.0 Å². The van der Waals surface area contributed by atoms with E-state index in [1.165, 1.54) is 5.57 Å². The first-order valence-corrected chi connectivity index (χ1v) is 19.8. The molecule has 21 atom stereocenters. The standard InChI is InChI=1S/C39H64O13/c1-18(16-48-35-34(46)32(44)30(42)20(3)50-35)9-12-39(47-6)19(2)29-27(52-39)15-25-23-8-7-21-13-22(40)14-28(38(21,5)24(23)10-11-37(25,29)4)51-36-33(45)31(43)26(41)17-49-36/h7,18-20,22-36,40-46H,8-17H2,1-6H3/t18-,19+,20+,22-,23-,24+,25+,26-,27+,28-,29+,30+,31+,32-,33-,34-,35-,36+,37+,38+,39-/m1/s1. The minimum Gasteiger partial charge on any atom is -0.393 e. The van der Waals surface area contributed by atoms with Gasteiger partial charge >= 0.3 is 0 Å². The van der Waals surface area contributed by atoms with Gasteiger partial charge in [-0.15, -0.1) is 0 Å². The van der Waals surface area contributed by atoms with Gasteiger partial charge in [0.1, 0.15) is 36.6 Å². The van der Waals surface area contributed by atoms with Gasteiger partial charge in [-0.25, -0.2) is 0 Å². The Hall–Kier alpha value is -0.780. The number of hydrogen-bond donors (Lipinski definition) is 7. The second-order valence-corrected chi connectivity index (χ2v) is 18.0. The predicted octanol–water partition coefficient (Wildman–Crippen LogP) is 1.61. The van der Waals surface area contributed by atoms with E-state index in [4.69, 9.17) is 28.4 Å². The zero-order valence-electron chi connectivity index (χ0n) is 31.6. The fraction of sp³-hybridized carbons (Fsp3) is 0.949. The third-order valence-electron chi connectivity index (χ3n) is 15.3. The van der Waals surface area contributed by atoms with Gasteiger partial charge in [0.2, 0.25) is 0 Å². The van der Waals surface area contributed by atoms with Crippen LogP contribution < -0.4 is 0 Å². The highest BCUT2D eigenvalue weighted by atomic mass is 16.7. The van der Waals surface area contributed by atoms with E-state index in [9.17, 15) is 35.7 Å². The Bertz CT molecular complexity index is 1300. The van der Waals surface area contributed by atoms with Crippen LogP contribution >= 0.6 is 0 Å². The van der Waals surface area contributed by atoms with Crippen LogP contribution in [0.15, 0.2) is 11.6 Å². The highest BCUT2D eigenvalue weighted by Gasteiger charge is 2.69. The quantitative estimate of drug-likeness (QED) is 0.169. The van der Waals surface area contributed by atoms with Crippen molar-refractivity contribution in [1.82, 2.24) is 0 Å². The molecule has 6 fully saturated rings. The van der Waals surface area contributed by atoms with Gasteiger partial charge in [-0.1, -0.05) is 39.3 Å². The maximum Gasteiger partial charge on any atom is 0.186 e. The summed E-state index contributed by atoms with van der Waals surface area (Å²) in [5, 5.41) is 72.6. The van der Waals surface area contributed by atoms with Crippen molar-refractivity contribution in [2.24, 2.45) is 46.3 Å². The van der Waals surface area contributed by atoms with Crippen molar-refractivity contribution < 1.29 is 64.2 Å². The molecule has 13 nitrogen and oxygen atoms in total. The van der Waals surface area contributed by atoms with E-state index in [2.05, 4.69) is 33.8 Å². The molecule has 3 saturated carbocycles. The van der Waals surface area contributed by atoms with E-state index in [0.29, 0.717) is 49.5 Å². The molecule has 298 valence electrons. The van der Waals surface area contributed by atoms with Gasteiger partial charge in [0.15, 0.2) is 18.4 Å². The molecule has 0 aromatic heterocycles. The van der Waals surface area contributed by atoms with E-state index >= 15 is 0 Å². The van der Waals surface area contributed by atoms with Crippen LogP contribution in [-0.2, 0) is 28.4 Å². The van der Waals surface area contributed by atoms with Crippen LogP contribution in [-0.4, -0.2) is 135 Å². The van der Waals surface area contributed by atoms with E-state index in [1.54, 1.807) is 14.0 Å². The summed E-state index contributed by atoms with van der Waals surface area (Å²) in [6.45, 7) is 10.9. The summed E-state index contributed by atoms with van der Waals surface area (Å²) in [6.07, 6.45) is -2.71. The Morgan fingerprint density at radius 1 is 0.923 bits per heavy atom. The average Bonchev–Trinajstić information content (AvgIpc) is 3.57. The smallest absolute Gasteiger partial charge is 0.186 e. The first-order chi connectivity index (χ1) is 24.6. The van der Waals surface area contributed by atoms with Gasteiger partial charge in [0, 0.05) is 31.3 Å². The molecule has 7 N–H and O–H groups in total. The van der Waals surface area contributed by atoms with Crippen molar-refractivity contribution in [2.75, 3.05) is 20.3 Å². The highest BCUT2D eigenvalue weighted by Crippen LogP contribution is 2.70. The lowest BCUT2D eigenvalue weighted by atomic mass is 9.46. The van der Waals surface area contributed by atoms with Crippen molar-refractivity contribution >= 4 is 0 Å². The number of rotatable bonds is 9. The molecule has 52 heavy (non-hydrogen) atoms. The SMILES string of the molecule is CO[C@]1(CC[C@@H](C)CO[C@@H]2O[C@@H](C)[C@H](O)[C@@H](O)[C@H]2O)O[C@H]2C[C@H]3[C@@H]4CC=C5C[C@@H](O)C[C@@H](O[C@@H]6OC[C@@H](O)[C@H](O)[C@H]6O)[C@]5(C)[C@H]4CC[C@]3(C)[C@H]2[C@@H]1C. The Kier molecular flexibility index (Phi) is 11.1. The summed E-state index contributed by atoms with van der Waals surface area (Å²) >= 11 is 0. The Morgan fingerprint density at radius 3 is 2.38 bits per heavy atom. The third kappa shape index (κ3) is 6.35. The third-order valence-corrected chi connectivity index (χ3v) is 15.3. The molecule has 7 rings (SSSR count). The Labute approximate surface area is 307 Å². The van der Waals surface area contributed by atoms with Gasteiger partial charge in [-0.2, -0.15) is 0 Å². The summed E-state index contributed by atoms with van der Waals surface area (Å²) in [5.74, 6) is 0.976. The molecule has 0 bridgehead atoms. The van der Waals surface area contributed by atoms with Crippen LogP contribution in [0.25, 0.3) is 0 Å². The van der Waals surface area contributed by atoms with Gasteiger partial charge in [-0.05, 0) is 80.5 Å².